The summed E-state index contributed by atoms with van der Waals surface area (Å²) in [6.07, 6.45) is -0.155. The lowest BCUT2D eigenvalue weighted by Gasteiger charge is -2.30. The second-order valence-corrected chi connectivity index (χ2v) is 4.56. The summed E-state index contributed by atoms with van der Waals surface area (Å²) in [4.78, 5) is 34.6. The van der Waals surface area contributed by atoms with E-state index in [2.05, 4.69) is 5.32 Å². The van der Waals surface area contributed by atoms with Crippen LogP contribution in [0.3, 0.4) is 0 Å². The molecular weight excluding hydrogens is 254 g/mol. The monoisotopic (exact) mass is 273 g/mol. The molecule has 19 heavy (non-hydrogen) atoms. The lowest BCUT2D eigenvalue weighted by Crippen LogP contribution is -2.47. The van der Waals surface area contributed by atoms with Gasteiger partial charge in [-0.1, -0.05) is 0 Å². The Morgan fingerprint density at radius 2 is 2.11 bits per heavy atom. The Morgan fingerprint density at radius 1 is 1.42 bits per heavy atom. The van der Waals surface area contributed by atoms with Crippen molar-refractivity contribution in [2.24, 2.45) is 11.7 Å². The van der Waals surface area contributed by atoms with E-state index in [1.807, 2.05) is 0 Å². The van der Waals surface area contributed by atoms with Gasteiger partial charge in [0.25, 0.3) is 0 Å². The molecule has 1 saturated heterocycles. The molecule has 0 saturated carbocycles. The summed E-state index contributed by atoms with van der Waals surface area (Å²) in [6, 6.07) is -0.543. The van der Waals surface area contributed by atoms with E-state index in [9.17, 15) is 14.4 Å². The molecule has 1 heterocycles. The number of carbonyl (C=O) groups excluding carboxylic acids is 2. The maximum absolute atomic E-state index is 11.8. The van der Waals surface area contributed by atoms with Crippen molar-refractivity contribution in [1.82, 2.24) is 10.2 Å². The minimum atomic E-state index is -1.48. The number of hydrogen-bond donors (Lipinski definition) is 4. The van der Waals surface area contributed by atoms with Crippen molar-refractivity contribution in [1.29, 1.82) is 0 Å². The van der Waals surface area contributed by atoms with E-state index in [0.717, 1.165) is 0 Å². The Morgan fingerprint density at radius 3 is 2.68 bits per heavy atom. The van der Waals surface area contributed by atoms with Gasteiger partial charge in [0.2, 0.25) is 5.91 Å². The van der Waals surface area contributed by atoms with Gasteiger partial charge >= 0.3 is 12.0 Å². The van der Waals surface area contributed by atoms with Gasteiger partial charge in [-0.05, 0) is 12.8 Å². The highest BCUT2D eigenvalue weighted by molar-refractivity contribution is 5.80. The smallest absolute Gasteiger partial charge is 0.332 e. The molecule has 0 aromatic heterocycles. The molecule has 1 aliphatic heterocycles. The molecule has 0 bridgehead atoms. The van der Waals surface area contributed by atoms with Crippen molar-refractivity contribution in [3.63, 3.8) is 0 Å². The molecule has 108 valence electrons. The molecule has 0 aliphatic carbocycles. The van der Waals surface area contributed by atoms with E-state index in [-0.39, 0.29) is 31.3 Å². The number of amides is 3. The number of carbonyl (C=O) groups is 3. The number of aliphatic hydroxyl groups is 1. The van der Waals surface area contributed by atoms with Crippen LogP contribution >= 0.6 is 0 Å². The van der Waals surface area contributed by atoms with Crippen LogP contribution in [0, 0.1) is 5.92 Å². The summed E-state index contributed by atoms with van der Waals surface area (Å²) in [5, 5.41) is 20.1. The molecule has 8 nitrogen and oxygen atoms in total. The van der Waals surface area contributed by atoms with Gasteiger partial charge in [0, 0.05) is 26.1 Å². The summed E-state index contributed by atoms with van der Waals surface area (Å²) >= 11 is 0. The molecule has 0 spiro atoms. The number of carboxylic acid groups (broad SMARTS) is 1. The Hall–Kier alpha value is -1.83. The number of urea groups is 1. The van der Waals surface area contributed by atoms with Crippen molar-refractivity contribution < 1.29 is 24.6 Å². The van der Waals surface area contributed by atoms with E-state index in [1.54, 1.807) is 0 Å². The van der Waals surface area contributed by atoms with E-state index in [1.165, 1.54) is 4.90 Å². The number of nitrogens with zero attached hydrogens (tertiary/aromatic N) is 1. The first-order valence-electron chi connectivity index (χ1n) is 6.14. The normalized spacial score (nSPS) is 20.7. The third-order valence-electron chi connectivity index (χ3n) is 3.11. The highest BCUT2D eigenvalue weighted by atomic mass is 16.4. The number of nitrogens with one attached hydrogen (secondary N) is 1. The minimum Gasteiger partial charge on any atom is -0.479 e. The molecule has 0 aromatic rings. The van der Waals surface area contributed by atoms with Gasteiger partial charge in [-0.15, -0.1) is 0 Å². The zero-order chi connectivity index (χ0) is 14.4. The number of piperidine rings is 1. The molecule has 8 heteroatoms. The van der Waals surface area contributed by atoms with Crippen molar-refractivity contribution in [3.05, 3.63) is 0 Å². The molecule has 2 atom stereocenters. The summed E-state index contributed by atoms with van der Waals surface area (Å²) in [6.45, 7) is 0.916. The largest absolute Gasteiger partial charge is 0.479 e. The maximum atomic E-state index is 11.8. The van der Waals surface area contributed by atoms with Gasteiger partial charge in [-0.25, -0.2) is 9.59 Å². The first-order valence-corrected chi connectivity index (χ1v) is 6.14. The number of carboxylic acids is 1. The quantitative estimate of drug-likeness (QED) is 0.495. The van der Waals surface area contributed by atoms with E-state index in [4.69, 9.17) is 15.9 Å². The number of likely N-dealkylation sites (tertiary alicyclic amines) is 1. The lowest BCUT2D eigenvalue weighted by atomic mass is 9.97. The van der Waals surface area contributed by atoms with Crippen molar-refractivity contribution in [2.75, 3.05) is 19.6 Å². The standard InChI is InChI=1S/C11H19N3O5/c12-11(19)14-5-1-2-7(6-14)9(16)13-4-3-8(15)10(17)18/h7-8,15H,1-6H2,(H2,12,19)(H,13,16)(H,17,18). The van der Waals surface area contributed by atoms with Crippen molar-refractivity contribution in [3.8, 4) is 0 Å². The number of hydrogen-bond acceptors (Lipinski definition) is 4. The Labute approximate surface area is 110 Å². The highest BCUT2D eigenvalue weighted by Crippen LogP contribution is 2.16. The second kappa shape index (κ2) is 6.93. The van der Waals surface area contributed by atoms with Crippen molar-refractivity contribution in [2.45, 2.75) is 25.4 Å². The number of rotatable bonds is 5. The van der Waals surface area contributed by atoms with Gasteiger partial charge in [0.05, 0.1) is 5.92 Å². The van der Waals surface area contributed by atoms with Crippen LogP contribution in [0.4, 0.5) is 4.79 Å². The third kappa shape index (κ3) is 4.74. The van der Waals surface area contributed by atoms with Crippen LogP contribution in [-0.2, 0) is 9.59 Å². The van der Waals surface area contributed by atoms with Crippen LogP contribution in [0.1, 0.15) is 19.3 Å². The Bertz CT molecular complexity index is 360. The second-order valence-electron chi connectivity index (χ2n) is 4.56. The molecule has 2 unspecified atom stereocenters. The topological polar surface area (TPSA) is 133 Å². The van der Waals surface area contributed by atoms with E-state index < -0.39 is 18.1 Å². The van der Waals surface area contributed by atoms with Crippen LogP contribution in [-0.4, -0.2) is 58.8 Å². The van der Waals surface area contributed by atoms with Crippen LogP contribution in [0.2, 0.25) is 0 Å². The molecule has 0 aromatic carbocycles. The predicted octanol–water partition coefficient (Wildman–Crippen LogP) is -1.27. The van der Waals surface area contributed by atoms with Crippen LogP contribution in [0.5, 0.6) is 0 Å². The number of aliphatic hydroxyl groups excluding tert-OH is 1. The number of aliphatic carboxylic acids is 1. The molecule has 3 amide bonds. The summed E-state index contributed by atoms with van der Waals surface area (Å²) in [5.74, 6) is -1.89. The SMILES string of the molecule is NC(=O)N1CCCC(C(=O)NCCC(O)C(=O)O)C1. The van der Waals surface area contributed by atoms with Gasteiger partial charge in [0.1, 0.15) is 0 Å². The molecular formula is C11H19N3O5. The molecule has 1 rings (SSSR count). The Balaban J connectivity index is 2.33. The number of primary amides is 1. The lowest BCUT2D eigenvalue weighted by molar-refractivity contribution is -0.147. The van der Waals surface area contributed by atoms with Gasteiger partial charge in [0.15, 0.2) is 6.10 Å². The highest BCUT2D eigenvalue weighted by Gasteiger charge is 2.27. The van der Waals surface area contributed by atoms with E-state index >= 15 is 0 Å². The minimum absolute atomic E-state index is 0.0483. The van der Waals surface area contributed by atoms with Gasteiger partial charge in [-0.3, -0.25) is 4.79 Å². The van der Waals surface area contributed by atoms with Crippen LogP contribution in [0.25, 0.3) is 0 Å². The molecule has 5 N–H and O–H groups in total. The fourth-order valence-electron chi connectivity index (χ4n) is 1.99. The fraction of sp³-hybridized carbons (Fsp3) is 0.727. The first-order chi connectivity index (χ1) is 8.91. The molecule has 1 fully saturated rings. The predicted molar refractivity (Wildman–Crippen MR) is 65.1 cm³/mol. The van der Waals surface area contributed by atoms with Crippen molar-refractivity contribution >= 4 is 17.9 Å². The fourth-order valence-corrected chi connectivity index (χ4v) is 1.99. The average Bonchev–Trinajstić information content (AvgIpc) is 2.38. The summed E-state index contributed by atoms with van der Waals surface area (Å²) in [5.41, 5.74) is 5.16. The van der Waals surface area contributed by atoms with Crippen LogP contribution in [0.15, 0.2) is 0 Å². The first kappa shape index (κ1) is 15.2. The van der Waals surface area contributed by atoms with E-state index in [0.29, 0.717) is 19.4 Å². The van der Waals surface area contributed by atoms with Gasteiger partial charge in [-0.2, -0.15) is 0 Å². The Kier molecular flexibility index (Phi) is 5.56. The van der Waals surface area contributed by atoms with Crippen LogP contribution < -0.4 is 11.1 Å². The zero-order valence-corrected chi connectivity index (χ0v) is 10.5. The molecule has 1 aliphatic rings. The summed E-state index contributed by atoms with van der Waals surface area (Å²) in [7, 11) is 0. The third-order valence-corrected chi connectivity index (χ3v) is 3.11. The average molecular weight is 273 g/mol. The zero-order valence-electron chi connectivity index (χ0n) is 10.5. The molecule has 0 radical (unpaired) electrons. The summed E-state index contributed by atoms with van der Waals surface area (Å²) < 4.78 is 0. The number of nitrogens with two attached hydrogens (primary N) is 1. The maximum Gasteiger partial charge on any atom is 0.332 e. The van der Waals surface area contributed by atoms with Gasteiger partial charge < -0.3 is 26.2 Å².